The third-order valence-electron chi connectivity index (χ3n) is 2.92. The largest absolute Gasteiger partial charge is 0.481 e. The molecule has 7 heteroatoms. The molecule has 1 rings (SSSR count). The minimum absolute atomic E-state index is 0.0140. The average Bonchev–Trinajstić information content (AvgIpc) is 2.19. The number of aliphatic carboxylic acids is 1. The number of hydrogen-bond donors (Lipinski definition) is 2. The lowest BCUT2D eigenvalue weighted by molar-refractivity contribution is -0.139. The summed E-state index contributed by atoms with van der Waals surface area (Å²) >= 11 is 0. The van der Waals surface area contributed by atoms with Crippen molar-refractivity contribution in [1.29, 1.82) is 0 Å². The van der Waals surface area contributed by atoms with Gasteiger partial charge in [0.1, 0.15) is 0 Å². The minimum Gasteiger partial charge on any atom is -0.481 e. The molecule has 1 fully saturated rings. The maximum absolute atomic E-state index is 11.7. The van der Waals surface area contributed by atoms with E-state index < -0.39 is 16.8 Å². The van der Waals surface area contributed by atoms with Crippen LogP contribution >= 0.6 is 0 Å². The third-order valence-corrected chi connectivity index (χ3v) is 3.73. The van der Waals surface area contributed by atoms with Crippen LogP contribution in [0.5, 0.6) is 0 Å². The summed E-state index contributed by atoms with van der Waals surface area (Å²) in [5.41, 5.74) is 0. The van der Waals surface area contributed by atoms with Gasteiger partial charge in [0.05, 0.1) is 6.42 Å². The van der Waals surface area contributed by atoms with Gasteiger partial charge in [-0.1, -0.05) is 0 Å². The second kappa shape index (κ2) is 6.72. The molecule has 0 radical (unpaired) electrons. The molecule has 1 heterocycles. The molecular weight excluding hydrogens is 256 g/mol. The molecule has 0 aromatic carbocycles. The Labute approximate surface area is 109 Å². The fraction of sp³-hybridized carbons (Fsp3) is 0.818. The summed E-state index contributed by atoms with van der Waals surface area (Å²) in [6.45, 7) is 2.88. The van der Waals surface area contributed by atoms with Crippen LogP contribution in [0.25, 0.3) is 0 Å². The molecule has 1 aliphatic rings. The normalized spacial score (nSPS) is 18.9. The van der Waals surface area contributed by atoms with Crippen molar-refractivity contribution in [2.75, 3.05) is 25.1 Å². The van der Waals surface area contributed by atoms with E-state index in [0.29, 0.717) is 25.3 Å². The molecule has 104 valence electrons. The number of hydrogen-bond acceptors (Lipinski definition) is 3. The van der Waals surface area contributed by atoms with Crippen molar-refractivity contribution in [1.82, 2.24) is 10.2 Å². The van der Waals surface area contributed by atoms with Gasteiger partial charge >= 0.3 is 12.0 Å². The van der Waals surface area contributed by atoms with Crippen LogP contribution in [-0.4, -0.2) is 57.4 Å². The highest BCUT2D eigenvalue weighted by atomic mass is 32.2. The van der Waals surface area contributed by atoms with Gasteiger partial charge < -0.3 is 15.3 Å². The zero-order valence-electron chi connectivity index (χ0n) is 10.7. The molecule has 2 N–H and O–H groups in total. The lowest BCUT2D eigenvalue weighted by Gasteiger charge is -2.39. The zero-order chi connectivity index (χ0) is 13.7. The van der Waals surface area contributed by atoms with E-state index >= 15 is 0 Å². The fourth-order valence-electron chi connectivity index (χ4n) is 1.83. The number of carbonyl (C=O) groups excluding carboxylic acids is 1. The Bertz CT molecular complexity index is 342. The standard InChI is InChI=1S/C11H20N2O4S/c1-8(3-4-18(2)17)12-11(16)13-6-9(7-13)5-10(14)15/h8-9H,3-7H2,1-2H3,(H,12,16)(H,14,15). The first-order chi connectivity index (χ1) is 8.38. The first kappa shape index (κ1) is 14.9. The molecule has 0 aromatic heterocycles. The number of carboxylic acid groups (broad SMARTS) is 1. The van der Waals surface area contributed by atoms with Crippen LogP contribution in [0.3, 0.4) is 0 Å². The predicted octanol–water partition coefficient (Wildman–Crippen LogP) is 0.260. The van der Waals surface area contributed by atoms with E-state index in [9.17, 15) is 13.8 Å². The summed E-state index contributed by atoms with van der Waals surface area (Å²) in [6.07, 6.45) is 2.44. The monoisotopic (exact) mass is 276 g/mol. The van der Waals surface area contributed by atoms with E-state index in [2.05, 4.69) is 5.32 Å². The zero-order valence-corrected chi connectivity index (χ0v) is 11.5. The van der Waals surface area contributed by atoms with Crippen LogP contribution in [0.2, 0.25) is 0 Å². The highest BCUT2D eigenvalue weighted by molar-refractivity contribution is 7.84. The molecule has 6 nitrogen and oxygen atoms in total. The van der Waals surface area contributed by atoms with Crippen molar-refractivity contribution < 1.29 is 18.9 Å². The van der Waals surface area contributed by atoms with E-state index in [1.54, 1.807) is 11.2 Å². The van der Waals surface area contributed by atoms with E-state index in [1.807, 2.05) is 6.92 Å². The Hall–Kier alpha value is -1.11. The van der Waals surface area contributed by atoms with Crippen LogP contribution in [0.15, 0.2) is 0 Å². The SMILES string of the molecule is CC(CCS(C)=O)NC(=O)N1CC(CC(=O)O)C1. The molecule has 1 aliphatic heterocycles. The highest BCUT2D eigenvalue weighted by Crippen LogP contribution is 2.18. The van der Waals surface area contributed by atoms with Crippen LogP contribution in [-0.2, 0) is 15.6 Å². The van der Waals surface area contributed by atoms with E-state index in [0.717, 1.165) is 0 Å². The molecule has 2 atom stereocenters. The van der Waals surface area contributed by atoms with Crippen molar-refractivity contribution in [3.63, 3.8) is 0 Å². The van der Waals surface area contributed by atoms with Crippen LogP contribution in [0, 0.1) is 5.92 Å². The van der Waals surface area contributed by atoms with E-state index in [4.69, 9.17) is 5.11 Å². The summed E-state index contributed by atoms with van der Waals surface area (Å²) in [6, 6.07) is -0.175. The van der Waals surface area contributed by atoms with Gasteiger partial charge in [-0.25, -0.2) is 4.79 Å². The maximum atomic E-state index is 11.7. The molecule has 0 saturated carbocycles. The Morgan fingerprint density at radius 2 is 2.11 bits per heavy atom. The summed E-state index contributed by atoms with van der Waals surface area (Å²) in [7, 11) is -0.842. The molecule has 1 saturated heterocycles. The number of carbonyl (C=O) groups is 2. The topological polar surface area (TPSA) is 86.7 Å². The fourth-order valence-corrected chi connectivity index (χ4v) is 2.51. The first-order valence-corrected chi connectivity index (χ1v) is 7.68. The van der Waals surface area contributed by atoms with Crippen molar-refractivity contribution in [2.24, 2.45) is 5.92 Å². The Morgan fingerprint density at radius 3 is 2.61 bits per heavy atom. The maximum Gasteiger partial charge on any atom is 0.317 e. The molecule has 0 bridgehead atoms. The summed E-state index contributed by atoms with van der Waals surface area (Å²) in [5, 5.41) is 11.4. The van der Waals surface area contributed by atoms with Crippen LogP contribution < -0.4 is 5.32 Å². The van der Waals surface area contributed by atoms with Gasteiger partial charge in [-0.2, -0.15) is 0 Å². The first-order valence-electron chi connectivity index (χ1n) is 5.95. The molecule has 2 unspecified atom stereocenters. The summed E-state index contributed by atoms with van der Waals surface area (Å²) < 4.78 is 10.9. The second-order valence-corrected chi connectivity index (χ2v) is 6.34. The van der Waals surface area contributed by atoms with Gasteiger partial charge in [0, 0.05) is 47.9 Å². The van der Waals surface area contributed by atoms with Crippen LogP contribution in [0.1, 0.15) is 19.8 Å². The van der Waals surface area contributed by atoms with Crippen molar-refractivity contribution in [3.8, 4) is 0 Å². The molecule has 0 aliphatic carbocycles. The lowest BCUT2D eigenvalue weighted by atomic mass is 9.97. The minimum atomic E-state index is -0.842. The Morgan fingerprint density at radius 1 is 1.50 bits per heavy atom. The molecule has 0 spiro atoms. The van der Waals surface area contributed by atoms with Gasteiger partial charge in [-0.3, -0.25) is 9.00 Å². The van der Waals surface area contributed by atoms with E-state index in [1.165, 1.54) is 0 Å². The number of urea groups is 1. The van der Waals surface area contributed by atoms with E-state index in [-0.39, 0.29) is 24.4 Å². The third kappa shape index (κ3) is 5.03. The number of rotatable bonds is 6. The number of nitrogens with zero attached hydrogens (tertiary/aromatic N) is 1. The van der Waals surface area contributed by atoms with Gasteiger partial charge in [-0.15, -0.1) is 0 Å². The van der Waals surface area contributed by atoms with Gasteiger partial charge in [0.15, 0.2) is 0 Å². The Balaban J connectivity index is 2.19. The molecule has 0 aromatic rings. The van der Waals surface area contributed by atoms with Crippen molar-refractivity contribution in [2.45, 2.75) is 25.8 Å². The quantitative estimate of drug-likeness (QED) is 0.728. The van der Waals surface area contributed by atoms with Crippen molar-refractivity contribution in [3.05, 3.63) is 0 Å². The predicted molar refractivity (Wildman–Crippen MR) is 68.9 cm³/mol. The lowest BCUT2D eigenvalue weighted by Crippen LogP contribution is -2.55. The Kier molecular flexibility index (Phi) is 5.58. The van der Waals surface area contributed by atoms with Gasteiger partial charge in [0.25, 0.3) is 0 Å². The molecule has 2 amide bonds. The summed E-state index contributed by atoms with van der Waals surface area (Å²) in [5.74, 6) is -0.172. The van der Waals surface area contributed by atoms with Crippen molar-refractivity contribution >= 4 is 22.8 Å². The highest BCUT2D eigenvalue weighted by Gasteiger charge is 2.32. The van der Waals surface area contributed by atoms with Gasteiger partial charge in [0.2, 0.25) is 0 Å². The molecule has 18 heavy (non-hydrogen) atoms. The average molecular weight is 276 g/mol. The summed E-state index contributed by atoms with van der Waals surface area (Å²) in [4.78, 5) is 23.8. The number of amides is 2. The number of nitrogens with one attached hydrogen (secondary N) is 1. The molecular formula is C11H20N2O4S. The number of likely N-dealkylation sites (tertiary alicyclic amines) is 1. The smallest absolute Gasteiger partial charge is 0.317 e. The second-order valence-electron chi connectivity index (χ2n) is 4.79. The number of carboxylic acids is 1. The van der Waals surface area contributed by atoms with Crippen LogP contribution in [0.4, 0.5) is 4.79 Å². The van der Waals surface area contributed by atoms with Gasteiger partial charge in [-0.05, 0) is 13.3 Å².